The van der Waals surface area contributed by atoms with Gasteiger partial charge < -0.3 is 9.47 Å². The fraction of sp³-hybridized carbons (Fsp3) is 0.300. The fourth-order valence-electron chi connectivity index (χ4n) is 2.72. The van der Waals surface area contributed by atoms with Gasteiger partial charge in [0.25, 0.3) is 0 Å². The van der Waals surface area contributed by atoms with Gasteiger partial charge in [0.05, 0.1) is 6.61 Å². The molecule has 23 heavy (non-hydrogen) atoms. The van der Waals surface area contributed by atoms with E-state index in [4.69, 9.17) is 9.47 Å². The van der Waals surface area contributed by atoms with Gasteiger partial charge in [0.15, 0.2) is 0 Å². The molecule has 0 spiro atoms. The van der Waals surface area contributed by atoms with E-state index < -0.39 is 0 Å². The van der Waals surface area contributed by atoms with Gasteiger partial charge in [-0.2, -0.15) is 0 Å². The molecule has 0 atom stereocenters. The van der Waals surface area contributed by atoms with Gasteiger partial charge >= 0.3 is 0 Å². The first-order valence-electron chi connectivity index (χ1n) is 7.84. The standard InChI is InChI=1S/C20H20O2S/c1-5-11-21-17-9-7-15-16-8-10-18(22-12-6-2)14(4)20(16)23-19(15)13(17)3/h7-10H,5,11H2,1-4H3. The minimum absolute atomic E-state index is 0.754. The Balaban J connectivity index is 2.18. The second-order valence-electron chi connectivity index (χ2n) is 5.54. The lowest BCUT2D eigenvalue weighted by Crippen LogP contribution is -1.96. The first-order chi connectivity index (χ1) is 11.2. The molecule has 3 aromatic rings. The molecule has 0 bridgehead atoms. The summed E-state index contributed by atoms with van der Waals surface area (Å²) in [5.41, 5.74) is 2.36. The van der Waals surface area contributed by atoms with E-state index in [1.54, 1.807) is 18.3 Å². The highest BCUT2D eigenvalue weighted by atomic mass is 32.1. The predicted molar refractivity (Wildman–Crippen MR) is 98.7 cm³/mol. The largest absolute Gasteiger partial charge is 0.493 e. The van der Waals surface area contributed by atoms with Gasteiger partial charge in [-0.3, -0.25) is 0 Å². The molecule has 1 aromatic heterocycles. The molecule has 2 aromatic carbocycles. The average Bonchev–Trinajstić information content (AvgIpc) is 2.94. The summed E-state index contributed by atoms with van der Waals surface area (Å²) in [4.78, 5) is 0. The van der Waals surface area contributed by atoms with Crippen LogP contribution in [0.5, 0.6) is 11.5 Å². The van der Waals surface area contributed by atoms with Crippen LogP contribution in [0.1, 0.15) is 31.4 Å². The highest BCUT2D eigenvalue weighted by Crippen LogP contribution is 2.42. The minimum atomic E-state index is 0.754. The van der Waals surface area contributed by atoms with Crippen LogP contribution in [0.25, 0.3) is 20.2 Å². The zero-order valence-electron chi connectivity index (χ0n) is 13.9. The number of ether oxygens (including phenoxy) is 2. The lowest BCUT2D eigenvalue weighted by atomic mass is 10.1. The smallest absolute Gasteiger partial charge is 0.144 e. The quantitative estimate of drug-likeness (QED) is 0.563. The molecule has 0 saturated carbocycles. The molecule has 3 rings (SSSR count). The number of aryl methyl sites for hydroxylation is 2. The van der Waals surface area contributed by atoms with Crippen LogP contribution < -0.4 is 9.47 Å². The molecule has 0 unspecified atom stereocenters. The van der Waals surface area contributed by atoms with Gasteiger partial charge in [-0.15, -0.1) is 11.3 Å². The summed E-state index contributed by atoms with van der Waals surface area (Å²) in [7, 11) is 0. The summed E-state index contributed by atoms with van der Waals surface area (Å²) in [6.07, 6.45) is 3.70. The highest BCUT2D eigenvalue weighted by molar-refractivity contribution is 7.26. The second kappa shape index (κ2) is 6.52. The van der Waals surface area contributed by atoms with Crippen LogP contribution in [0.15, 0.2) is 24.3 Å². The van der Waals surface area contributed by atoms with Crippen LogP contribution in [0.4, 0.5) is 0 Å². The lowest BCUT2D eigenvalue weighted by Gasteiger charge is -2.08. The highest BCUT2D eigenvalue weighted by Gasteiger charge is 2.14. The molecule has 0 aliphatic rings. The molecular formula is C20H20O2S. The molecule has 0 N–H and O–H groups in total. The Bertz CT molecular complexity index is 926. The van der Waals surface area contributed by atoms with E-state index in [0.717, 1.165) is 30.1 Å². The molecule has 0 aliphatic carbocycles. The van der Waals surface area contributed by atoms with Crippen molar-refractivity contribution < 1.29 is 9.47 Å². The molecule has 0 radical (unpaired) electrons. The van der Waals surface area contributed by atoms with Gasteiger partial charge in [-0.25, -0.2) is 0 Å². The summed E-state index contributed by atoms with van der Waals surface area (Å²) < 4.78 is 13.9. The molecule has 118 valence electrons. The van der Waals surface area contributed by atoms with E-state index in [-0.39, 0.29) is 0 Å². The fourth-order valence-corrected chi connectivity index (χ4v) is 4.01. The molecule has 2 nitrogen and oxygen atoms in total. The summed E-state index contributed by atoms with van der Waals surface area (Å²) in [5.74, 6) is 4.58. The Morgan fingerprint density at radius 2 is 1.57 bits per heavy atom. The third-order valence-corrected chi connectivity index (χ3v) is 5.39. The zero-order chi connectivity index (χ0) is 16.4. The van der Waals surface area contributed by atoms with Gasteiger partial charge in [0, 0.05) is 38.2 Å². The maximum atomic E-state index is 5.86. The van der Waals surface area contributed by atoms with E-state index >= 15 is 0 Å². The third-order valence-electron chi connectivity index (χ3n) is 3.93. The normalized spacial score (nSPS) is 10.6. The van der Waals surface area contributed by atoms with Crippen molar-refractivity contribution in [2.45, 2.75) is 34.1 Å². The summed E-state index contributed by atoms with van der Waals surface area (Å²) in [5, 5.41) is 2.55. The van der Waals surface area contributed by atoms with Crippen LogP contribution in [0, 0.1) is 25.9 Å². The molecule has 0 fully saturated rings. The SMILES string of the molecule is CC#COc1ccc2c(sc3c(C)c(OCCC)ccc32)c1C. The first-order valence-corrected chi connectivity index (χ1v) is 8.65. The zero-order valence-corrected chi connectivity index (χ0v) is 14.8. The third kappa shape index (κ3) is 2.75. The van der Waals surface area contributed by atoms with Crippen molar-refractivity contribution in [3.8, 4) is 23.5 Å². The van der Waals surface area contributed by atoms with E-state index in [9.17, 15) is 0 Å². The van der Waals surface area contributed by atoms with Crippen LogP contribution in [0.3, 0.4) is 0 Å². The Hall–Kier alpha value is -2.18. The first kappa shape index (κ1) is 15.7. The van der Waals surface area contributed by atoms with Crippen molar-refractivity contribution >= 4 is 31.5 Å². The monoisotopic (exact) mass is 324 g/mol. The summed E-state index contributed by atoms with van der Waals surface area (Å²) in [6.45, 7) is 8.88. The summed E-state index contributed by atoms with van der Waals surface area (Å²) in [6, 6.07) is 8.38. The molecule has 0 aliphatic heterocycles. The molecule has 1 heterocycles. The van der Waals surface area contributed by atoms with Gasteiger partial charge in [-0.05, 0) is 44.5 Å². The van der Waals surface area contributed by atoms with Crippen LogP contribution >= 0.6 is 11.3 Å². The van der Waals surface area contributed by atoms with Crippen molar-refractivity contribution in [3.63, 3.8) is 0 Å². The Labute approximate surface area is 141 Å². The lowest BCUT2D eigenvalue weighted by molar-refractivity contribution is 0.316. The maximum absolute atomic E-state index is 5.86. The van der Waals surface area contributed by atoms with Gasteiger partial charge in [0.1, 0.15) is 17.6 Å². The number of thiophene rings is 1. The number of hydrogen-bond acceptors (Lipinski definition) is 3. The summed E-state index contributed by atoms with van der Waals surface area (Å²) >= 11 is 1.80. The number of fused-ring (bicyclic) bond motifs is 3. The average molecular weight is 324 g/mol. The van der Waals surface area contributed by atoms with E-state index in [2.05, 4.69) is 51.0 Å². The number of rotatable bonds is 4. The van der Waals surface area contributed by atoms with Gasteiger partial charge in [-0.1, -0.05) is 12.8 Å². The van der Waals surface area contributed by atoms with Crippen LogP contribution in [-0.4, -0.2) is 6.61 Å². The Morgan fingerprint density at radius 1 is 0.957 bits per heavy atom. The van der Waals surface area contributed by atoms with Crippen molar-refractivity contribution in [2.75, 3.05) is 6.61 Å². The van der Waals surface area contributed by atoms with Crippen molar-refractivity contribution in [2.24, 2.45) is 0 Å². The van der Waals surface area contributed by atoms with Crippen LogP contribution in [-0.2, 0) is 0 Å². The second-order valence-corrected chi connectivity index (χ2v) is 6.56. The Kier molecular flexibility index (Phi) is 4.45. The minimum Gasteiger partial charge on any atom is -0.493 e. The number of hydrogen-bond donors (Lipinski definition) is 0. The molecule has 0 saturated heterocycles. The van der Waals surface area contributed by atoms with Crippen LogP contribution in [0.2, 0.25) is 0 Å². The van der Waals surface area contributed by atoms with Crippen molar-refractivity contribution in [1.82, 2.24) is 0 Å². The van der Waals surface area contributed by atoms with E-state index in [1.807, 2.05) is 6.07 Å². The molecular weight excluding hydrogens is 304 g/mol. The van der Waals surface area contributed by atoms with E-state index in [0.29, 0.717) is 0 Å². The number of benzene rings is 2. The topological polar surface area (TPSA) is 18.5 Å². The van der Waals surface area contributed by atoms with Gasteiger partial charge in [0.2, 0.25) is 0 Å². The van der Waals surface area contributed by atoms with Crippen molar-refractivity contribution in [3.05, 3.63) is 35.4 Å². The predicted octanol–water partition coefficient (Wildman–Crippen LogP) is 5.82. The van der Waals surface area contributed by atoms with Crippen molar-refractivity contribution in [1.29, 1.82) is 0 Å². The Morgan fingerprint density at radius 3 is 2.17 bits per heavy atom. The molecule has 0 amide bonds. The molecule has 3 heteroatoms. The maximum Gasteiger partial charge on any atom is 0.144 e. The van der Waals surface area contributed by atoms with E-state index in [1.165, 1.54) is 25.7 Å².